The number of hydrogen-bond donors (Lipinski definition) is 0. The molecule has 0 spiro atoms. The van der Waals surface area contributed by atoms with Crippen molar-refractivity contribution >= 4 is 25.5 Å². The minimum atomic E-state index is -3.23. The van der Waals surface area contributed by atoms with Gasteiger partial charge in [-0.3, -0.25) is 19.1 Å². The predicted octanol–water partition coefficient (Wildman–Crippen LogP) is 4.99. The summed E-state index contributed by atoms with van der Waals surface area (Å²) >= 11 is 0. The number of imide groups is 1. The number of rotatable bonds is 11. The molecule has 1 aliphatic heterocycles. The molecule has 31 heavy (non-hydrogen) atoms. The second kappa shape index (κ2) is 10.5. The summed E-state index contributed by atoms with van der Waals surface area (Å²) in [5, 5.41) is 0. The van der Waals surface area contributed by atoms with E-state index in [9.17, 15) is 14.2 Å². The summed E-state index contributed by atoms with van der Waals surface area (Å²) in [7, 11) is -3.23. The van der Waals surface area contributed by atoms with E-state index in [0.29, 0.717) is 49.7 Å². The number of carbonyl (C=O) groups excluding carboxylic acids is 2. The van der Waals surface area contributed by atoms with E-state index < -0.39 is 7.60 Å². The van der Waals surface area contributed by atoms with Crippen LogP contribution in [0, 0.1) is 0 Å². The first kappa shape index (κ1) is 22.9. The van der Waals surface area contributed by atoms with Gasteiger partial charge in [0.25, 0.3) is 11.8 Å². The van der Waals surface area contributed by atoms with Crippen LogP contribution in [0.1, 0.15) is 46.5 Å². The van der Waals surface area contributed by atoms with E-state index in [0.717, 1.165) is 5.56 Å². The van der Waals surface area contributed by atoms with Crippen LogP contribution in [0.25, 0.3) is 6.08 Å². The zero-order chi connectivity index (χ0) is 22.3. The van der Waals surface area contributed by atoms with Crippen molar-refractivity contribution in [3.63, 3.8) is 0 Å². The molecule has 2 aromatic carbocycles. The highest BCUT2D eigenvalue weighted by Gasteiger charge is 2.34. The van der Waals surface area contributed by atoms with Gasteiger partial charge in [0, 0.05) is 12.4 Å². The van der Waals surface area contributed by atoms with Crippen molar-refractivity contribution in [3.05, 3.63) is 71.0 Å². The summed E-state index contributed by atoms with van der Waals surface area (Å²) in [4.78, 5) is 25.9. The van der Waals surface area contributed by atoms with Gasteiger partial charge in [0.15, 0.2) is 0 Å². The quantitative estimate of drug-likeness (QED) is 0.277. The maximum absolute atomic E-state index is 12.4. The molecule has 0 radical (unpaired) electrons. The third-order valence-corrected chi connectivity index (χ3v) is 6.37. The summed E-state index contributed by atoms with van der Waals surface area (Å²) < 4.78 is 28.6. The Labute approximate surface area is 182 Å². The number of hydrogen-bond acceptors (Lipinski definition) is 6. The number of carbonyl (C=O) groups is 2. The van der Waals surface area contributed by atoms with Crippen molar-refractivity contribution in [1.29, 1.82) is 0 Å². The van der Waals surface area contributed by atoms with E-state index in [1.54, 1.807) is 56.3 Å². The van der Waals surface area contributed by atoms with E-state index in [2.05, 4.69) is 0 Å². The maximum Gasteiger partial charge on any atom is 0.354 e. The van der Waals surface area contributed by atoms with Crippen LogP contribution >= 0.6 is 7.60 Å². The Morgan fingerprint density at radius 3 is 2.03 bits per heavy atom. The van der Waals surface area contributed by atoms with E-state index in [1.807, 2.05) is 12.1 Å². The molecule has 0 atom stereocenters. The molecule has 0 aromatic heterocycles. The van der Waals surface area contributed by atoms with Crippen molar-refractivity contribution in [2.24, 2.45) is 0 Å². The lowest BCUT2D eigenvalue weighted by Gasteiger charge is -2.14. The molecule has 1 aliphatic rings. The Balaban J connectivity index is 1.48. The van der Waals surface area contributed by atoms with Gasteiger partial charge in [-0.2, -0.15) is 0 Å². The van der Waals surface area contributed by atoms with Crippen molar-refractivity contribution in [2.75, 3.05) is 26.4 Å². The second-order valence-electron chi connectivity index (χ2n) is 6.77. The molecule has 3 rings (SSSR count). The first-order chi connectivity index (χ1) is 15.0. The van der Waals surface area contributed by atoms with Gasteiger partial charge in [0.2, 0.25) is 0 Å². The Hall–Kier alpha value is -2.73. The molecule has 1 heterocycles. The third kappa shape index (κ3) is 5.70. The van der Waals surface area contributed by atoms with Crippen LogP contribution in [-0.4, -0.2) is 43.1 Å². The zero-order valence-corrected chi connectivity index (χ0v) is 18.5. The molecule has 8 heteroatoms. The SMILES string of the molecule is CCOP(=O)(/C=C/c1ccc(OCCCN2C(=O)c3ccccc3C2=O)cc1)OCC. The highest BCUT2D eigenvalue weighted by molar-refractivity contribution is 7.57. The minimum absolute atomic E-state index is 0.256. The number of benzene rings is 2. The van der Waals surface area contributed by atoms with E-state index in [1.165, 1.54) is 10.7 Å². The third-order valence-electron chi connectivity index (χ3n) is 4.62. The topological polar surface area (TPSA) is 82.1 Å². The van der Waals surface area contributed by atoms with Crippen LogP contribution in [0.15, 0.2) is 54.3 Å². The van der Waals surface area contributed by atoms with Gasteiger partial charge < -0.3 is 13.8 Å². The lowest BCUT2D eigenvalue weighted by Crippen LogP contribution is -2.31. The minimum Gasteiger partial charge on any atom is -0.494 e. The Morgan fingerprint density at radius 2 is 1.48 bits per heavy atom. The number of nitrogens with zero attached hydrogens (tertiary/aromatic N) is 1. The zero-order valence-electron chi connectivity index (χ0n) is 17.7. The van der Waals surface area contributed by atoms with Gasteiger partial charge in [-0.15, -0.1) is 0 Å². The van der Waals surface area contributed by atoms with Crippen LogP contribution < -0.4 is 4.74 Å². The normalized spacial score (nSPS) is 13.8. The van der Waals surface area contributed by atoms with Crippen molar-refractivity contribution in [2.45, 2.75) is 20.3 Å². The molecule has 0 aliphatic carbocycles. The Morgan fingerprint density at radius 1 is 0.903 bits per heavy atom. The molecular weight excluding hydrogens is 417 g/mol. The molecule has 0 unspecified atom stereocenters. The van der Waals surface area contributed by atoms with Crippen LogP contribution in [-0.2, 0) is 13.6 Å². The molecule has 0 saturated heterocycles. The molecule has 2 aromatic rings. The molecule has 0 bridgehead atoms. The van der Waals surface area contributed by atoms with Crippen molar-refractivity contribution in [1.82, 2.24) is 4.90 Å². The summed E-state index contributed by atoms with van der Waals surface area (Å²) in [6.45, 7) is 4.80. The fourth-order valence-electron chi connectivity index (χ4n) is 3.19. The summed E-state index contributed by atoms with van der Waals surface area (Å²) in [5.41, 5.74) is 1.74. The van der Waals surface area contributed by atoms with Crippen LogP contribution in [0.5, 0.6) is 5.75 Å². The lowest BCUT2D eigenvalue weighted by molar-refractivity contribution is 0.0646. The van der Waals surface area contributed by atoms with Crippen LogP contribution in [0.3, 0.4) is 0 Å². The number of fused-ring (bicyclic) bond motifs is 1. The van der Waals surface area contributed by atoms with Crippen molar-refractivity contribution in [3.8, 4) is 5.75 Å². The molecule has 164 valence electrons. The predicted molar refractivity (Wildman–Crippen MR) is 118 cm³/mol. The summed E-state index contributed by atoms with van der Waals surface area (Å²) in [5.74, 6) is 1.61. The largest absolute Gasteiger partial charge is 0.494 e. The first-order valence-corrected chi connectivity index (χ1v) is 11.8. The molecule has 0 saturated carbocycles. The first-order valence-electron chi connectivity index (χ1n) is 10.2. The standard InChI is InChI=1S/C23H26NO6P/c1-3-29-31(27,30-4-2)17-14-18-10-12-19(13-11-18)28-16-7-15-24-22(25)20-8-5-6-9-21(20)23(24)26/h5-6,8-14,17H,3-4,7,15-16H2,1-2H3/b17-14+. The maximum atomic E-state index is 12.4. The molecule has 0 fully saturated rings. The Kier molecular flexibility index (Phi) is 7.80. The molecular formula is C23H26NO6P. The smallest absolute Gasteiger partial charge is 0.354 e. The average molecular weight is 443 g/mol. The highest BCUT2D eigenvalue weighted by atomic mass is 31.2. The van der Waals surface area contributed by atoms with E-state index >= 15 is 0 Å². The fraction of sp³-hybridized carbons (Fsp3) is 0.304. The van der Waals surface area contributed by atoms with Gasteiger partial charge in [0.05, 0.1) is 30.9 Å². The van der Waals surface area contributed by atoms with E-state index in [-0.39, 0.29) is 11.8 Å². The van der Waals surface area contributed by atoms with Gasteiger partial charge in [-0.1, -0.05) is 24.3 Å². The summed E-state index contributed by atoms with van der Waals surface area (Å²) in [6, 6.07) is 14.1. The average Bonchev–Trinajstić information content (AvgIpc) is 3.01. The van der Waals surface area contributed by atoms with Crippen LogP contribution in [0.4, 0.5) is 0 Å². The Bertz CT molecular complexity index is 956. The van der Waals surface area contributed by atoms with Crippen molar-refractivity contribution < 1.29 is 27.9 Å². The number of amides is 2. The monoisotopic (exact) mass is 443 g/mol. The van der Waals surface area contributed by atoms with Crippen LogP contribution in [0.2, 0.25) is 0 Å². The molecule has 2 amide bonds. The lowest BCUT2D eigenvalue weighted by atomic mass is 10.1. The molecule has 7 nitrogen and oxygen atoms in total. The van der Waals surface area contributed by atoms with E-state index in [4.69, 9.17) is 13.8 Å². The van der Waals surface area contributed by atoms with Gasteiger partial charge >= 0.3 is 7.60 Å². The highest BCUT2D eigenvalue weighted by Crippen LogP contribution is 2.50. The summed E-state index contributed by atoms with van der Waals surface area (Å²) in [6.07, 6.45) is 2.22. The molecule has 0 N–H and O–H groups in total. The second-order valence-corrected chi connectivity index (χ2v) is 8.66. The van der Waals surface area contributed by atoms with Gasteiger partial charge in [0.1, 0.15) is 5.75 Å². The number of ether oxygens (including phenoxy) is 1. The van der Waals surface area contributed by atoms with Gasteiger partial charge in [-0.05, 0) is 56.2 Å². The fourth-order valence-corrected chi connectivity index (χ4v) is 4.51. The van der Waals surface area contributed by atoms with Gasteiger partial charge in [-0.25, -0.2) is 0 Å².